The number of aliphatic hydroxyl groups is 1. The SMILES string of the molecule is CCC=C1CCN(C(C=CO)Cc2ccc(C)cc2)CC1. The number of piperidine rings is 1. The largest absolute Gasteiger partial charge is 0.516 e. The lowest BCUT2D eigenvalue weighted by Crippen LogP contribution is -2.40. The molecule has 1 aromatic carbocycles. The molecule has 0 saturated carbocycles. The highest BCUT2D eigenvalue weighted by Gasteiger charge is 2.20. The molecule has 21 heavy (non-hydrogen) atoms. The summed E-state index contributed by atoms with van der Waals surface area (Å²) in [6.45, 7) is 6.49. The predicted octanol–water partition coefficient (Wildman–Crippen LogP) is 4.41. The van der Waals surface area contributed by atoms with Crippen molar-refractivity contribution in [3.8, 4) is 0 Å². The van der Waals surface area contributed by atoms with E-state index in [9.17, 15) is 5.11 Å². The van der Waals surface area contributed by atoms with Crippen molar-refractivity contribution in [1.29, 1.82) is 0 Å². The van der Waals surface area contributed by atoms with Crippen LogP contribution < -0.4 is 0 Å². The van der Waals surface area contributed by atoms with Crippen molar-refractivity contribution in [3.05, 3.63) is 59.4 Å². The van der Waals surface area contributed by atoms with Gasteiger partial charge in [0, 0.05) is 19.1 Å². The number of hydrogen-bond donors (Lipinski definition) is 1. The van der Waals surface area contributed by atoms with Gasteiger partial charge in [-0.3, -0.25) is 4.90 Å². The van der Waals surface area contributed by atoms with E-state index in [0.717, 1.165) is 38.8 Å². The third-order valence-electron chi connectivity index (χ3n) is 4.28. The molecular formula is C19H27NO. The highest BCUT2D eigenvalue weighted by molar-refractivity contribution is 5.23. The Labute approximate surface area is 128 Å². The molecule has 0 amide bonds. The molecular weight excluding hydrogens is 258 g/mol. The van der Waals surface area contributed by atoms with Gasteiger partial charge in [0.1, 0.15) is 0 Å². The minimum atomic E-state index is 0.292. The number of rotatable bonds is 5. The van der Waals surface area contributed by atoms with Crippen LogP contribution in [0.2, 0.25) is 0 Å². The summed E-state index contributed by atoms with van der Waals surface area (Å²) in [6, 6.07) is 9.00. The Morgan fingerprint density at radius 3 is 2.43 bits per heavy atom. The van der Waals surface area contributed by atoms with Crippen LogP contribution in [0.1, 0.15) is 37.3 Å². The first kappa shape index (κ1) is 15.8. The molecule has 1 unspecified atom stereocenters. The minimum absolute atomic E-state index is 0.292. The average molecular weight is 285 g/mol. The van der Waals surface area contributed by atoms with Gasteiger partial charge in [-0.15, -0.1) is 0 Å². The number of benzene rings is 1. The molecule has 1 aliphatic rings. The second-order valence-corrected chi connectivity index (χ2v) is 5.91. The first-order valence-corrected chi connectivity index (χ1v) is 8.01. The van der Waals surface area contributed by atoms with E-state index in [2.05, 4.69) is 49.1 Å². The second kappa shape index (κ2) is 8.04. The Kier molecular flexibility index (Phi) is 6.06. The maximum absolute atomic E-state index is 9.21. The van der Waals surface area contributed by atoms with E-state index in [1.807, 2.05) is 6.08 Å². The smallest absolute Gasteiger partial charge is 0.0767 e. The lowest BCUT2D eigenvalue weighted by molar-refractivity contribution is 0.210. The van der Waals surface area contributed by atoms with Gasteiger partial charge in [-0.05, 0) is 44.2 Å². The van der Waals surface area contributed by atoms with Crippen LogP contribution in [0.5, 0.6) is 0 Å². The van der Waals surface area contributed by atoms with Crippen molar-refractivity contribution in [3.63, 3.8) is 0 Å². The third-order valence-corrected chi connectivity index (χ3v) is 4.28. The van der Waals surface area contributed by atoms with E-state index in [1.54, 1.807) is 5.57 Å². The van der Waals surface area contributed by atoms with E-state index in [4.69, 9.17) is 0 Å². The van der Waals surface area contributed by atoms with Crippen molar-refractivity contribution < 1.29 is 5.11 Å². The molecule has 1 atom stereocenters. The zero-order chi connectivity index (χ0) is 15.1. The van der Waals surface area contributed by atoms with E-state index < -0.39 is 0 Å². The van der Waals surface area contributed by atoms with Gasteiger partial charge in [-0.2, -0.15) is 0 Å². The van der Waals surface area contributed by atoms with Crippen LogP contribution in [-0.4, -0.2) is 29.1 Å². The molecule has 114 valence electrons. The van der Waals surface area contributed by atoms with Gasteiger partial charge in [-0.25, -0.2) is 0 Å². The van der Waals surface area contributed by atoms with Crippen molar-refractivity contribution in [1.82, 2.24) is 4.90 Å². The third kappa shape index (κ3) is 4.75. The summed E-state index contributed by atoms with van der Waals surface area (Å²) >= 11 is 0. The average Bonchev–Trinajstić information content (AvgIpc) is 2.50. The first-order valence-electron chi connectivity index (χ1n) is 8.01. The van der Waals surface area contributed by atoms with Crippen LogP contribution in [0.3, 0.4) is 0 Å². The van der Waals surface area contributed by atoms with Crippen LogP contribution in [0.15, 0.2) is 48.3 Å². The van der Waals surface area contributed by atoms with Gasteiger partial charge in [0.2, 0.25) is 0 Å². The maximum Gasteiger partial charge on any atom is 0.0767 e. The summed E-state index contributed by atoms with van der Waals surface area (Å²) in [6.07, 6.45) is 9.93. The Balaban J connectivity index is 1.99. The van der Waals surface area contributed by atoms with Crippen LogP contribution in [-0.2, 0) is 6.42 Å². The lowest BCUT2D eigenvalue weighted by Gasteiger charge is -2.34. The quantitative estimate of drug-likeness (QED) is 0.640. The molecule has 2 nitrogen and oxygen atoms in total. The predicted molar refractivity (Wildman–Crippen MR) is 89.6 cm³/mol. The Bertz CT molecular complexity index is 477. The van der Waals surface area contributed by atoms with Crippen molar-refractivity contribution in [2.75, 3.05) is 13.1 Å². The van der Waals surface area contributed by atoms with Gasteiger partial charge >= 0.3 is 0 Å². The van der Waals surface area contributed by atoms with Gasteiger partial charge in [-0.1, -0.05) is 48.4 Å². The molecule has 0 bridgehead atoms. The Morgan fingerprint density at radius 1 is 1.19 bits per heavy atom. The topological polar surface area (TPSA) is 23.5 Å². The number of aryl methyl sites for hydroxylation is 1. The van der Waals surface area contributed by atoms with E-state index in [0.29, 0.717) is 6.04 Å². The zero-order valence-electron chi connectivity index (χ0n) is 13.3. The number of allylic oxidation sites excluding steroid dienone is 1. The van der Waals surface area contributed by atoms with Crippen LogP contribution in [0.25, 0.3) is 0 Å². The van der Waals surface area contributed by atoms with Gasteiger partial charge in [0.05, 0.1) is 6.26 Å². The molecule has 0 radical (unpaired) electrons. The number of hydrogen-bond acceptors (Lipinski definition) is 2. The van der Waals surface area contributed by atoms with Crippen molar-refractivity contribution in [2.45, 2.75) is 45.6 Å². The Morgan fingerprint density at radius 2 is 1.86 bits per heavy atom. The minimum Gasteiger partial charge on any atom is -0.516 e. The molecule has 1 fully saturated rings. The van der Waals surface area contributed by atoms with Crippen molar-refractivity contribution >= 4 is 0 Å². The summed E-state index contributed by atoms with van der Waals surface area (Å²) in [5, 5.41) is 9.21. The van der Waals surface area contributed by atoms with Gasteiger partial charge < -0.3 is 5.11 Å². The van der Waals surface area contributed by atoms with Gasteiger partial charge in [0.25, 0.3) is 0 Å². The fraction of sp³-hybridized carbons (Fsp3) is 0.474. The molecule has 1 aliphatic heterocycles. The summed E-state index contributed by atoms with van der Waals surface area (Å²) in [4.78, 5) is 2.49. The fourth-order valence-corrected chi connectivity index (χ4v) is 3.02. The summed E-state index contributed by atoms with van der Waals surface area (Å²) < 4.78 is 0. The summed E-state index contributed by atoms with van der Waals surface area (Å²) in [7, 11) is 0. The molecule has 1 N–H and O–H groups in total. The standard InChI is InChI=1S/C19H27NO/c1-3-4-17-9-12-20(13-10-17)19(11-14-21)15-18-7-5-16(2)6-8-18/h4-8,11,14,19,21H,3,9-10,12-13,15H2,1-2H3. The second-order valence-electron chi connectivity index (χ2n) is 5.91. The number of nitrogens with zero attached hydrogens (tertiary/aromatic N) is 1. The molecule has 1 heterocycles. The first-order chi connectivity index (χ1) is 10.2. The molecule has 1 aromatic rings. The molecule has 2 rings (SSSR count). The Hall–Kier alpha value is -1.54. The summed E-state index contributed by atoms with van der Waals surface area (Å²) in [5.74, 6) is 0. The zero-order valence-corrected chi connectivity index (χ0v) is 13.3. The van der Waals surface area contributed by atoms with E-state index in [1.165, 1.54) is 17.4 Å². The number of aliphatic hydroxyl groups excluding tert-OH is 1. The normalized spacial score (nSPS) is 18.1. The highest BCUT2D eigenvalue weighted by Crippen LogP contribution is 2.21. The molecule has 0 aromatic heterocycles. The lowest BCUT2D eigenvalue weighted by atomic mass is 9.98. The molecule has 1 saturated heterocycles. The van der Waals surface area contributed by atoms with Gasteiger partial charge in [0.15, 0.2) is 0 Å². The van der Waals surface area contributed by atoms with Crippen LogP contribution in [0, 0.1) is 6.92 Å². The van der Waals surface area contributed by atoms with E-state index >= 15 is 0 Å². The van der Waals surface area contributed by atoms with Crippen LogP contribution in [0.4, 0.5) is 0 Å². The summed E-state index contributed by atoms with van der Waals surface area (Å²) in [5.41, 5.74) is 4.22. The highest BCUT2D eigenvalue weighted by atomic mass is 16.2. The van der Waals surface area contributed by atoms with Crippen molar-refractivity contribution in [2.24, 2.45) is 0 Å². The van der Waals surface area contributed by atoms with Crippen LogP contribution >= 0.6 is 0 Å². The fourth-order valence-electron chi connectivity index (χ4n) is 3.02. The van der Waals surface area contributed by atoms with E-state index in [-0.39, 0.29) is 0 Å². The molecule has 0 aliphatic carbocycles. The monoisotopic (exact) mass is 285 g/mol. The number of likely N-dealkylation sites (tertiary alicyclic amines) is 1. The maximum atomic E-state index is 9.21. The molecule has 0 spiro atoms. The molecule has 2 heteroatoms.